The Morgan fingerprint density at radius 3 is 2.70 bits per heavy atom. The summed E-state index contributed by atoms with van der Waals surface area (Å²) in [4.78, 5) is 12.3. The van der Waals surface area contributed by atoms with E-state index in [1.807, 2.05) is 13.8 Å². The third-order valence-corrected chi connectivity index (χ3v) is 3.75. The summed E-state index contributed by atoms with van der Waals surface area (Å²) in [6.07, 6.45) is 2.82. The molecule has 0 spiro atoms. The van der Waals surface area contributed by atoms with Crippen molar-refractivity contribution >= 4 is 5.91 Å². The van der Waals surface area contributed by atoms with Crippen LogP contribution in [-0.2, 0) is 6.42 Å². The highest BCUT2D eigenvalue weighted by atomic mass is 19.1. The molecule has 124 valence electrons. The smallest absolute Gasteiger partial charge is 0.254 e. The van der Waals surface area contributed by atoms with Crippen LogP contribution in [0.25, 0.3) is 5.69 Å². The van der Waals surface area contributed by atoms with Crippen LogP contribution in [0, 0.1) is 11.7 Å². The van der Waals surface area contributed by atoms with Crippen LogP contribution in [-0.4, -0.2) is 33.9 Å². The number of aromatic nitrogens is 2. The monoisotopic (exact) mass is 319 g/mol. The van der Waals surface area contributed by atoms with E-state index in [2.05, 4.69) is 10.4 Å². The standard InChI is InChI=1S/C17H22FN3O2/c1-3-16-15(17(23)19-10-12(2)8-9-22)11-20-21(16)14-6-4-13(18)5-7-14/h4-7,11-12,22H,3,8-10H2,1-2H3,(H,19,23). The Balaban J connectivity index is 2.17. The molecule has 0 aliphatic heterocycles. The molecular weight excluding hydrogens is 297 g/mol. The van der Waals surface area contributed by atoms with Crippen molar-refractivity contribution in [1.29, 1.82) is 0 Å². The van der Waals surface area contributed by atoms with E-state index < -0.39 is 0 Å². The lowest BCUT2D eigenvalue weighted by atomic mass is 10.1. The lowest BCUT2D eigenvalue weighted by Crippen LogP contribution is -2.29. The average Bonchev–Trinajstić information content (AvgIpc) is 2.97. The number of aliphatic hydroxyl groups is 1. The molecule has 1 aromatic carbocycles. The zero-order chi connectivity index (χ0) is 16.8. The first-order valence-corrected chi connectivity index (χ1v) is 7.78. The topological polar surface area (TPSA) is 67.2 Å². The minimum absolute atomic E-state index is 0.111. The molecule has 0 aliphatic carbocycles. The molecular formula is C17H22FN3O2. The number of rotatable bonds is 7. The summed E-state index contributed by atoms with van der Waals surface area (Å²) in [5.41, 5.74) is 2.02. The van der Waals surface area contributed by atoms with Gasteiger partial charge in [-0.2, -0.15) is 5.10 Å². The van der Waals surface area contributed by atoms with Gasteiger partial charge in [-0.25, -0.2) is 9.07 Å². The second kappa shape index (κ2) is 7.87. The van der Waals surface area contributed by atoms with E-state index in [9.17, 15) is 9.18 Å². The van der Waals surface area contributed by atoms with Crippen LogP contribution in [0.4, 0.5) is 4.39 Å². The largest absolute Gasteiger partial charge is 0.396 e. The van der Waals surface area contributed by atoms with Gasteiger partial charge >= 0.3 is 0 Å². The Bertz CT molecular complexity index is 652. The van der Waals surface area contributed by atoms with E-state index in [0.717, 1.165) is 11.4 Å². The number of carbonyl (C=O) groups excluding carboxylic acids is 1. The number of nitrogens with zero attached hydrogens (tertiary/aromatic N) is 2. The molecule has 0 radical (unpaired) electrons. The normalized spacial score (nSPS) is 12.2. The maximum absolute atomic E-state index is 13.0. The van der Waals surface area contributed by atoms with Crippen LogP contribution in [0.15, 0.2) is 30.5 Å². The molecule has 0 fully saturated rings. The number of carbonyl (C=O) groups is 1. The molecule has 1 atom stereocenters. The van der Waals surface area contributed by atoms with E-state index in [4.69, 9.17) is 5.11 Å². The third kappa shape index (κ3) is 4.16. The molecule has 2 aromatic rings. The first-order valence-electron chi connectivity index (χ1n) is 7.78. The zero-order valence-corrected chi connectivity index (χ0v) is 13.4. The number of nitrogens with one attached hydrogen (secondary N) is 1. The molecule has 1 aromatic heterocycles. The summed E-state index contributed by atoms with van der Waals surface area (Å²) in [5.74, 6) is -0.282. The minimum atomic E-state index is -0.310. The second-order valence-corrected chi connectivity index (χ2v) is 5.57. The lowest BCUT2D eigenvalue weighted by molar-refractivity contribution is 0.0944. The van der Waals surface area contributed by atoms with Gasteiger partial charge in [-0.3, -0.25) is 4.79 Å². The van der Waals surface area contributed by atoms with Crippen molar-refractivity contribution in [3.05, 3.63) is 47.5 Å². The quantitative estimate of drug-likeness (QED) is 0.823. The van der Waals surface area contributed by atoms with Gasteiger partial charge in [0, 0.05) is 13.2 Å². The van der Waals surface area contributed by atoms with Gasteiger partial charge in [0.25, 0.3) is 5.91 Å². The Labute approximate surface area is 135 Å². The first kappa shape index (κ1) is 17.1. The minimum Gasteiger partial charge on any atom is -0.396 e. The van der Waals surface area contributed by atoms with E-state index >= 15 is 0 Å². The number of benzene rings is 1. The molecule has 1 heterocycles. The van der Waals surface area contributed by atoms with Gasteiger partial charge in [0.05, 0.1) is 23.1 Å². The predicted octanol–water partition coefficient (Wildman–Crippen LogP) is 2.32. The Kier molecular flexibility index (Phi) is 5.87. The molecule has 5 nitrogen and oxygen atoms in total. The highest BCUT2D eigenvalue weighted by Crippen LogP contribution is 2.16. The van der Waals surface area contributed by atoms with E-state index in [-0.39, 0.29) is 24.2 Å². The number of hydrogen-bond donors (Lipinski definition) is 2. The first-order chi connectivity index (χ1) is 11.1. The highest BCUT2D eigenvalue weighted by Gasteiger charge is 2.17. The molecule has 2 N–H and O–H groups in total. The third-order valence-electron chi connectivity index (χ3n) is 3.75. The van der Waals surface area contributed by atoms with Crippen molar-refractivity contribution in [2.24, 2.45) is 5.92 Å². The fraction of sp³-hybridized carbons (Fsp3) is 0.412. The average molecular weight is 319 g/mol. The summed E-state index contributed by atoms with van der Waals surface area (Å²) >= 11 is 0. The second-order valence-electron chi connectivity index (χ2n) is 5.57. The van der Waals surface area contributed by atoms with Crippen LogP contribution >= 0.6 is 0 Å². The van der Waals surface area contributed by atoms with E-state index in [1.54, 1.807) is 16.8 Å². The van der Waals surface area contributed by atoms with Gasteiger partial charge in [-0.1, -0.05) is 13.8 Å². The van der Waals surface area contributed by atoms with E-state index in [0.29, 0.717) is 24.9 Å². The summed E-state index contributed by atoms with van der Waals surface area (Å²) in [7, 11) is 0. The Morgan fingerprint density at radius 2 is 2.09 bits per heavy atom. The molecule has 1 amide bonds. The molecule has 23 heavy (non-hydrogen) atoms. The van der Waals surface area contributed by atoms with Crippen LogP contribution in [0.5, 0.6) is 0 Å². The summed E-state index contributed by atoms with van der Waals surface area (Å²) in [5, 5.41) is 16.0. The maximum Gasteiger partial charge on any atom is 0.254 e. The fourth-order valence-corrected chi connectivity index (χ4v) is 2.39. The molecule has 0 bridgehead atoms. The molecule has 0 saturated heterocycles. The Hall–Kier alpha value is -2.21. The van der Waals surface area contributed by atoms with Crippen molar-refractivity contribution in [3.8, 4) is 5.69 Å². The summed E-state index contributed by atoms with van der Waals surface area (Å²) < 4.78 is 14.7. The van der Waals surface area contributed by atoms with Gasteiger partial charge in [-0.05, 0) is 43.0 Å². The molecule has 0 saturated carbocycles. The number of hydrogen-bond acceptors (Lipinski definition) is 3. The highest BCUT2D eigenvalue weighted by molar-refractivity contribution is 5.95. The summed E-state index contributed by atoms with van der Waals surface area (Å²) in [6, 6.07) is 6.00. The lowest BCUT2D eigenvalue weighted by Gasteiger charge is -2.12. The van der Waals surface area contributed by atoms with Crippen molar-refractivity contribution in [2.75, 3.05) is 13.2 Å². The van der Waals surface area contributed by atoms with Crippen LogP contribution < -0.4 is 5.32 Å². The molecule has 0 aliphatic rings. The molecule has 1 unspecified atom stereocenters. The zero-order valence-electron chi connectivity index (χ0n) is 13.4. The molecule has 6 heteroatoms. The van der Waals surface area contributed by atoms with Crippen molar-refractivity contribution in [2.45, 2.75) is 26.7 Å². The van der Waals surface area contributed by atoms with Crippen LogP contribution in [0.1, 0.15) is 36.3 Å². The number of aliphatic hydroxyl groups excluding tert-OH is 1. The van der Waals surface area contributed by atoms with Crippen LogP contribution in [0.3, 0.4) is 0 Å². The van der Waals surface area contributed by atoms with Gasteiger partial charge in [-0.15, -0.1) is 0 Å². The van der Waals surface area contributed by atoms with Crippen molar-refractivity contribution < 1.29 is 14.3 Å². The van der Waals surface area contributed by atoms with Gasteiger partial charge < -0.3 is 10.4 Å². The Morgan fingerprint density at radius 1 is 1.39 bits per heavy atom. The van der Waals surface area contributed by atoms with Crippen molar-refractivity contribution in [3.63, 3.8) is 0 Å². The SMILES string of the molecule is CCc1c(C(=O)NCC(C)CCO)cnn1-c1ccc(F)cc1. The fourth-order valence-electron chi connectivity index (χ4n) is 2.39. The number of amides is 1. The van der Waals surface area contributed by atoms with Crippen LogP contribution in [0.2, 0.25) is 0 Å². The summed E-state index contributed by atoms with van der Waals surface area (Å²) in [6.45, 7) is 4.53. The van der Waals surface area contributed by atoms with Crippen molar-refractivity contribution in [1.82, 2.24) is 15.1 Å². The van der Waals surface area contributed by atoms with E-state index in [1.165, 1.54) is 18.3 Å². The maximum atomic E-state index is 13.0. The molecule has 2 rings (SSSR count). The van der Waals surface area contributed by atoms with Gasteiger partial charge in [0.15, 0.2) is 0 Å². The van der Waals surface area contributed by atoms with Gasteiger partial charge in [0.2, 0.25) is 0 Å². The van der Waals surface area contributed by atoms with Gasteiger partial charge in [0.1, 0.15) is 5.82 Å². The predicted molar refractivity (Wildman–Crippen MR) is 86.1 cm³/mol. The number of halogens is 1.